The minimum absolute atomic E-state index is 0.153. The second-order valence-corrected chi connectivity index (χ2v) is 9.41. The van der Waals surface area contributed by atoms with Crippen LogP contribution < -0.4 is 5.32 Å². The standard InChI is InChI=1S/C19H29NOS2/c1-15(2)11-14-19(12-7-4-8-13-19)18(21)20-16-9-5-6-10-17(16)23-22-3/h5-6,9-10,15H,4,7-8,11-14H2,1-3H3,(H,20,21). The highest BCUT2D eigenvalue weighted by Gasteiger charge is 2.39. The number of benzene rings is 1. The van der Waals surface area contributed by atoms with Crippen LogP contribution in [-0.2, 0) is 4.79 Å². The van der Waals surface area contributed by atoms with Crippen LogP contribution in [-0.4, -0.2) is 12.2 Å². The molecule has 1 aromatic carbocycles. The molecule has 0 aliphatic heterocycles. The number of amides is 1. The summed E-state index contributed by atoms with van der Waals surface area (Å²) >= 11 is 0. The van der Waals surface area contributed by atoms with E-state index in [1.54, 1.807) is 21.6 Å². The quantitative estimate of drug-likeness (QED) is 0.578. The van der Waals surface area contributed by atoms with Crippen molar-refractivity contribution < 1.29 is 4.79 Å². The molecule has 1 aliphatic carbocycles. The lowest BCUT2D eigenvalue weighted by molar-refractivity contribution is -0.128. The number of rotatable bonds is 7. The van der Waals surface area contributed by atoms with Crippen LogP contribution in [0.25, 0.3) is 0 Å². The second-order valence-electron chi connectivity index (χ2n) is 6.97. The third-order valence-electron chi connectivity index (χ3n) is 4.80. The summed E-state index contributed by atoms with van der Waals surface area (Å²) in [5.41, 5.74) is 0.811. The predicted octanol–water partition coefficient (Wildman–Crippen LogP) is 6.38. The van der Waals surface area contributed by atoms with Crippen molar-refractivity contribution in [1.29, 1.82) is 0 Å². The van der Waals surface area contributed by atoms with Crippen LogP contribution in [0.4, 0.5) is 5.69 Å². The Morgan fingerprint density at radius 3 is 2.57 bits per heavy atom. The Balaban J connectivity index is 2.14. The summed E-state index contributed by atoms with van der Waals surface area (Å²) in [4.78, 5) is 14.3. The fourth-order valence-corrected chi connectivity index (χ4v) is 4.87. The fraction of sp³-hybridized carbons (Fsp3) is 0.632. The lowest BCUT2D eigenvalue weighted by atomic mass is 9.69. The maximum atomic E-state index is 13.1. The molecule has 4 heteroatoms. The Labute approximate surface area is 149 Å². The summed E-state index contributed by atoms with van der Waals surface area (Å²) in [7, 11) is 3.42. The Bertz CT molecular complexity index is 510. The van der Waals surface area contributed by atoms with Crippen LogP contribution in [0, 0.1) is 11.3 Å². The molecule has 0 atom stereocenters. The number of para-hydroxylation sites is 1. The van der Waals surface area contributed by atoms with Gasteiger partial charge in [0.25, 0.3) is 0 Å². The SMILES string of the molecule is CSSc1ccccc1NC(=O)C1(CCC(C)C)CCCCC1. The van der Waals surface area contributed by atoms with E-state index in [-0.39, 0.29) is 11.3 Å². The van der Waals surface area contributed by atoms with Crippen molar-refractivity contribution in [1.82, 2.24) is 0 Å². The van der Waals surface area contributed by atoms with Crippen molar-refractivity contribution in [2.24, 2.45) is 11.3 Å². The summed E-state index contributed by atoms with van der Waals surface area (Å²) in [5, 5.41) is 3.26. The smallest absolute Gasteiger partial charge is 0.230 e. The van der Waals surface area contributed by atoms with E-state index in [9.17, 15) is 4.79 Å². The van der Waals surface area contributed by atoms with Gasteiger partial charge in [-0.1, -0.05) is 66.8 Å². The zero-order chi connectivity index (χ0) is 16.7. The van der Waals surface area contributed by atoms with Crippen LogP contribution in [0.15, 0.2) is 29.2 Å². The van der Waals surface area contributed by atoms with Gasteiger partial charge in [0.2, 0.25) is 5.91 Å². The van der Waals surface area contributed by atoms with E-state index in [0.717, 1.165) is 36.3 Å². The van der Waals surface area contributed by atoms with Crippen molar-refractivity contribution >= 4 is 33.2 Å². The van der Waals surface area contributed by atoms with Crippen LogP contribution in [0.5, 0.6) is 0 Å². The van der Waals surface area contributed by atoms with Gasteiger partial charge in [0, 0.05) is 10.3 Å². The summed E-state index contributed by atoms with van der Waals surface area (Å²) in [5.74, 6) is 0.896. The third kappa shape index (κ3) is 5.18. The highest BCUT2D eigenvalue weighted by Crippen LogP contribution is 2.43. The Hall–Kier alpha value is -0.610. The monoisotopic (exact) mass is 351 g/mol. The third-order valence-corrected chi connectivity index (χ3v) is 6.54. The first-order valence-electron chi connectivity index (χ1n) is 8.68. The Morgan fingerprint density at radius 1 is 1.22 bits per heavy atom. The molecule has 1 N–H and O–H groups in total. The van der Waals surface area contributed by atoms with Gasteiger partial charge in [-0.3, -0.25) is 4.79 Å². The highest BCUT2D eigenvalue weighted by molar-refractivity contribution is 8.76. The molecule has 2 rings (SSSR count). The first-order chi connectivity index (χ1) is 11.1. The van der Waals surface area contributed by atoms with Gasteiger partial charge in [-0.25, -0.2) is 0 Å². The first kappa shape index (κ1) is 18.7. The van der Waals surface area contributed by atoms with Gasteiger partial charge in [0.05, 0.1) is 5.69 Å². The minimum atomic E-state index is -0.153. The zero-order valence-corrected chi connectivity index (χ0v) is 16.2. The number of hydrogen-bond acceptors (Lipinski definition) is 3. The first-order valence-corrected chi connectivity index (χ1v) is 11.2. The molecule has 1 fully saturated rings. The lowest BCUT2D eigenvalue weighted by Gasteiger charge is -2.36. The number of anilines is 1. The molecule has 0 radical (unpaired) electrons. The average molecular weight is 352 g/mol. The highest BCUT2D eigenvalue weighted by atomic mass is 33.1. The van der Waals surface area contributed by atoms with Crippen molar-refractivity contribution in [3.63, 3.8) is 0 Å². The molecule has 0 heterocycles. The molecule has 1 saturated carbocycles. The molecule has 1 aliphatic rings. The molecule has 1 aromatic rings. The molecule has 0 bridgehead atoms. The van der Waals surface area contributed by atoms with Crippen LogP contribution in [0.2, 0.25) is 0 Å². The van der Waals surface area contributed by atoms with E-state index in [0.29, 0.717) is 5.92 Å². The van der Waals surface area contributed by atoms with Crippen LogP contribution >= 0.6 is 21.6 Å². The molecule has 128 valence electrons. The number of nitrogens with one attached hydrogen (secondary N) is 1. The minimum Gasteiger partial charge on any atom is -0.325 e. The lowest BCUT2D eigenvalue weighted by Crippen LogP contribution is -2.38. The normalized spacial score (nSPS) is 17.2. The molecule has 0 aromatic heterocycles. The Kier molecular flexibility index (Phi) is 7.35. The number of carbonyl (C=O) groups excluding carboxylic acids is 1. The molecule has 0 saturated heterocycles. The summed E-state index contributed by atoms with van der Waals surface area (Å²) in [6, 6.07) is 8.14. The molecular weight excluding hydrogens is 322 g/mol. The van der Waals surface area contributed by atoms with Gasteiger partial charge in [-0.15, -0.1) is 0 Å². The summed E-state index contributed by atoms with van der Waals surface area (Å²) in [6.45, 7) is 4.50. The van der Waals surface area contributed by atoms with E-state index >= 15 is 0 Å². The van der Waals surface area contributed by atoms with Crippen molar-refractivity contribution in [3.8, 4) is 0 Å². The van der Waals surface area contributed by atoms with Crippen LogP contribution in [0.1, 0.15) is 58.8 Å². The molecular formula is C19H29NOS2. The topological polar surface area (TPSA) is 29.1 Å². The van der Waals surface area contributed by atoms with Gasteiger partial charge in [-0.05, 0) is 50.0 Å². The van der Waals surface area contributed by atoms with Crippen molar-refractivity contribution in [2.45, 2.75) is 63.7 Å². The summed E-state index contributed by atoms with van der Waals surface area (Å²) < 4.78 is 0. The summed E-state index contributed by atoms with van der Waals surface area (Å²) in [6.07, 6.45) is 9.96. The molecule has 0 unspecified atom stereocenters. The van der Waals surface area contributed by atoms with Gasteiger partial charge in [0.1, 0.15) is 0 Å². The van der Waals surface area contributed by atoms with Crippen LogP contribution in [0.3, 0.4) is 0 Å². The largest absolute Gasteiger partial charge is 0.325 e. The van der Waals surface area contributed by atoms with E-state index in [4.69, 9.17) is 0 Å². The molecule has 2 nitrogen and oxygen atoms in total. The number of carbonyl (C=O) groups is 1. The average Bonchev–Trinajstić information content (AvgIpc) is 2.56. The molecule has 23 heavy (non-hydrogen) atoms. The van der Waals surface area contributed by atoms with Crippen molar-refractivity contribution in [3.05, 3.63) is 24.3 Å². The second kappa shape index (κ2) is 9.03. The predicted molar refractivity (Wildman–Crippen MR) is 104 cm³/mol. The van der Waals surface area contributed by atoms with Gasteiger partial charge < -0.3 is 5.32 Å². The van der Waals surface area contributed by atoms with E-state index in [1.807, 2.05) is 18.2 Å². The van der Waals surface area contributed by atoms with Gasteiger partial charge in [0.15, 0.2) is 0 Å². The van der Waals surface area contributed by atoms with E-state index in [1.165, 1.54) is 19.3 Å². The van der Waals surface area contributed by atoms with Gasteiger partial charge >= 0.3 is 0 Å². The van der Waals surface area contributed by atoms with E-state index in [2.05, 4.69) is 31.5 Å². The maximum absolute atomic E-state index is 13.1. The van der Waals surface area contributed by atoms with Crippen molar-refractivity contribution in [2.75, 3.05) is 11.6 Å². The van der Waals surface area contributed by atoms with E-state index < -0.39 is 0 Å². The number of hydrogen-bond donors (Lipinski definition) is 1. The molecule has 1 amide bonds. The Morgan fingerprint density at radius 2 is 1.91 bits per heavy atom. The maximum Gasteiger partial charge on any atom is 0.230 e. The zero-order valence-electron chi connectivity index (χ0n) is 14.6. The fourth-order valence-electron chi connectivity index (χ4n) is 3.37. The van der Waals surface area contributed by atoms with Gasteiger partial charge in [-0.2, -0.15) is 0 Å². The molecule has 0 spiro atoms.